The molecule has 0 nitrogen and oxygen atoms in total. The second-order valence-electron chi connectivity index (χ2n) is 3.49. The molecule has 0 bridgehead atoms. The quantitative estimate of drug-likeness (QED) is 0.652. The number of hydrogen-bond donors (Lipinski definition) is 0. The summed E-state index contributed by atoms with van der Waals surface area (Å²) in [5.74, 6) is 0. The summed E-state index contributed by atoms with van der Waals surface area (Å²) in [6.07, 6.45) is 0. The first kappa shape index (κ1) is 11.0. The predicted molar refractivity (Wildman–Crippen MR) is 74.3 cm³/mol. The summed E-state index contributed by atoms with van der Waals surface area (Å²) >= 11 is 8.22. The van der Waals surface area contributed by atoms with Gasteiger partial charge < -0.3 is 0 Å². The second-order valence-corrected chi connectivity index (χ2v) is 5.09. The summed E-state index contributed by atoms with van der Waals surface area (Å²) in [6.45, 7) is 2.11. The minimum atomic E-state index is 0.779. The van der Waals surface area contributed by atoms with E-state index in [1.54, 1.807) is 0 Å². The monoisotopic (exact) mass is 328 g/mol. The van der Waals surface area contributed by atoms with Crippen molar-refractivity contribution in [3.63, 3.8) is 0 Å². The van der Waals surface area contributed by atoms with E-state index in [0.29, 0.717) is 0 Å². The molecule has 0 radical (unpaired) electrons. The highest BCUT2D eigenvalue weighted by Crippen LogP contribution is 2.27. The zero-order chi connectivity index (χ0) is 10.8. The van der Waals surface area contributed by atoms with Gasteiger partial charge in [-0.3, -0.25) is 0 Å². The van der Waals surface area contributed by atoms with E-state index in [1.165, 1.54) is 20.3 Å². The molecule has 2 aromatic rings. The smallest absolute Gasteiger partial charge is 0.0406 e. The summed E-state index contributed by atoms with van der Waals surface area (Å²) in [6, 6.07) is 14.4. The Morgan fingerprint density at radius 1 is 1.00 bits per heavy atom. The molecular formula is C13H10ClI. The molecule has 76 valence electrons. The maximum Gasteiger partial charge on any atom is 0.0406 e. The third-order valence-corrected chi connectivity index (χ3v) is 3.47. The molecule has 0 saturated heterocycles. The van der Waals surface area contributed by atoms with Crippen LogP contribution in [0, 0.1) is 10.5 Å². The Kier molecular flexibility index (Phi) is 3.32. The molecule has 0 aliphatic rings. The van der Waals surface area contributed by atoms with Crippen molar-refractivity contribution in [2.75, 3.05) is 0 Å². The minimum Gasteiger partial charge on any atom is -0.0843 e. The molecule has 2 rings (SSSR count). The van der Waals surface area contributed by atoms with E-state index in [2.05, 4.69) is 59.8 Å². The Morgan fingerprint density at radius 3 is 2.33 bits per heavy atom. The van der Waals surface area contributed by atoms with Crippen LogP contribution in [0.4, 0.5) is 0 Å². The van der Waals surface area contributed by atoms with Gasteiger partial charge >= 0.3 is 0 Å². The van der Waals surface area contributed by atoms with Gasteiger partial charge in [0.25, 0.3) is 0 Å². The van der Waals surface area contributed by atoms with Gasteiger partial charge in [0.15, 0.2) is 0 Å². The van der Waals surface area contributed by atoms with Crippen molar-refractivity contribution < 1.29 is 0 Å². The summed E-state index contributed by atoms with van der Waals surface area (Å²) in [5.41, 5.74) is 3.76. The molecule has 0 saturated carbocycles. The molecule has 2 aromatic carbocycles. The Morgan fingerprint density at radius 2 is 1.67 bits per heavy atom. The van der Waals surface area contributed by atoms with E-state index >= 15 is 0 Å². The lowest BCUT2D eigenvalue weighted by molar-refractivity contribution is 1.45. The van der Waals surface area contributed by atoms with Gasteiger partial charge in [0.05, 0.1) is 0 Å². The molecule has 0 aliphatic carbocycles. The molecule has 0 heterocycles. The summed E-state index contributed by atoms with van der Waals surface area (Å²) in [7, 11) is 0. The van der Waals surface area contributed by atoms with Crippen LogP contribution in [0.5, 0.6) is 0 Å². The van der Waals surface area contributed by atoms with Crippen molar-refractivity contribution in [2.45, 2.75) is 6.92 Å². The van der Waals surface area contributed by atoms with Crippen molar-refractivity contribution in [1.29, 1.82) is 0 Å². The number of benzene rings is 2. The number of halogens is 2. The van der Waals surface area contributed by atoms with E-state index in [9.17, 15) is 0 Å². The molecule has 0 spiro atoms. The normalized spacial score (nSPS) is 10.3. The molecule has 0 aliphatic heterocycles. The maximum atomic E-state index is 5.87. The zero-order valence-electron chi connectivity index (χ0n) is 8.30. The standard InChI is InChI=1S/C13H10ClI/c1-9-2-7-13(15)12(8-9)10-3-5-11(14)6-4-10/h2-8H,1H3. The van der Waals surface area contributed by atoms with Crippen LogP contribution in [0.25, 0.3) is 11.1 Å². The van der Waals surface area contributed by atoms with E-state index in [-0.39, 0.29) is 0 Å². The molecule has 0 N–H and O–H groups in total. The molecule has 0 amide bonds. The molecule has 2 heteroatoms. The fourth-order valence-corrected chi connectivity index (χ4v) is 2.26. The number of rotatable bonds is 1. The van der Waals surface area contributed by atoms with Gasteiger partial charge in [-0.1, -0.05) is 41.4 Å². The third kappa shape index (κ3) is 2.52. The van der Waals surface area contributed by atoms with Crippen LogP contribution in [-0.2, 0) is 0 Å². The second kappa shape index (κ2) is 4.54. The van der Waals surface area contributed by atoms with Gasteiger partial charge in [0.1, 0.15) is 0 Å². The van der Waals surface area contributed by atoms with Gasteiger partial charge in [-0.05, 0) is 58.8 Å². The third-order valence-electron chi connectivity index (χ3n) is 2.28. The van der Waals surface area contributed by atoms with Crippen LogP contribution >= 0.6 is 34.2 Å². The summed E-state index contributed by atoms with van der Waals surface area (Å²) in [4.78, 5) is 0. The zero-order valence-corrected chi connectivity index (χ0v) is 11.2. The van der Waals surface area contributed by atoms with Crippen molar-refractivity contribution in [3.8, 4) is 11.1 Å². The Hall–Kier alpha value is -0.540. The first-order valence-electron chi connectivity index (χ1n) is 4.69. The van der Waals surface area contributed by atoms with Gasteiger partial charge in [0, 0.05) is 8.59 Å². The first-order valence-corrected chi connectivity index (χ1v) is 6.14. The first-order chi connectivity index (χ1) is 7.16. The lowest BCUT2D eigenvalue weighted by atomic mass is 10.0. The fourth-order valence-electron chi connectivity index (χ4n) is 1.49. The van der Waals surface area contributed by atoms with Crippen LogP contribution in [0.3, 0.4) is 0 Å². The van der Waals surface area contributed by atoms with Gasteiger partial charge in [-0.15, -0.1) is 0 Å². The largest absolute Gasteiger partial charge is 0.0843 e. The van der Waals surface area contributed by atoms with Crippen molar-refractivity contribution >= 4 is 34.2 Å². The van der Waals surface area contributed by atoms with Crippen molar-refractivity contribution in [3.05, 3.63) is 56.6 Å². The SMILES string of the molecule is Cc1ccc(I)c(-c2ccc(Cl)cc2)c1. The van der Waals surface area contributed by atoms with E-state index in [1.807, 2.05) is 12.1 Å². The predicted octanol–water partition coefficient (Wildman–Crippen LogP) is 4.92. The average Bonchev–Trinajstić information content (AvgIpc) is 2.23. The van der Waals surface area contributed by atoms with Gasteiger partial charge in [-0.2, -0.15) is 0 Å². The molecule has 0 atom stereocenters. The van der Waals surface area contributed by atoms with Crippen LogP contribution in [0.15, 0.2) is 42.5 Å². The Bertz CT molecular complexity index is 474. The molecular weight excluding hydrogens is 319 g/mol. The van der Waals surface area contributed by atoms with E-state index < -0.39 is 0 Å². The van der Waals surface area contributed by atoms with Crippen LogP contribution in [0.1, 0.15) is 5.56 Å². The number of aryl methyl sites for hydroxylation is 1. The van der Waals surface area contributed by atoms with E-state index in [4.69, 9.17) is 11.6 Å². The van der Waals surface area contributed by atoms with Crippen LogP contribution in [0.2, 0.25) is 5.02 Å². The highest BCUT2D eigenvalue weighted by Gasteiger charge is 2.02. The summed E-state index contributed by atoms with van der Waals surface area (Å²) in [5, 5.41) is 0.779. The van der Waals surface area contributed by atoms with Gasteiger partial charge in [-0.25, -0.2) is 0 Å². The molecule has 0 aromatic heterocycles. The van der Waals surface area contributed by atoms with Crippen LogP contribution < -0.4 is 0 Å². The highest BCUT2D eigenvalue weighted by molar-refractivity contribution is 14.1. The highest BCUT2D eigenvalue weighted by atomic mass is 127. The lowest BCUT2D eigenvalue weighted by Crippen LogP contribution is -1.84. The van der Waals surface area contributed by atoms with Gasteiger partial charge in [0.2, 0.25) is 0 Å². The van der Waals surface area contributed by atoms with Crippen LogP contribution in [-0.4, -0.2) is 0 Å². The molecule has 0 fully saturated rings. The van der Waals surface area contributed by atoms with Crippen molar-refractivity contribution in [1.82, 2.24) is 0 Å². The number of hydrogen-bond acceptors (Lipinski definition) is 0. The average molecular weight is 329 g/mol. The minimum absolute atomic E-state index is 0.779. The molecule has 0 unspecified atom stereocenters. The molecule has 15 heavy (non-hydrogen) atoms. The Labute approximate surface area is 108 Å². The lowest BCUT2D eigenvalue weighted by Gasteiger charge is -2.06. The van der Waals surface area contributed by atoms with Crippen molar-refractivity contribution in [2.24, 2.45) is 0 Å². The fraction of sp³-hybridized carbons (Fsp3) is 0.0769. The summed E-state index contributed by atoms with van der Waals surface area (Å²) < 4.78 is 1.26. The maximum absolute atomic E-state index is 5.87. The topological polar surface area (TPSA) is 0 Å². The Balaban J connectivity index is 2.53. The van der Waals surface area contributed by atoms with E-state index in [0.717, 1.165) is 5.02 Å².